The van der Waals surface area contributed by atoms with Gasteiger partial charge in [-0.15, -0.1) is 0 Å². The SMILES string of the molecule is Cc1ccc(Cl)cc1NCc1ccccn1. The van der Waals surface area contributed by atoms with Crippen LogP contribution < -0.4 is 5.32 Å². The lowest BCUT2D eigenvalue weighted by atomic mass is 10.2. The second-order valence-corrected chi connectivity index (χ2v) is 4.07. The van der Waals surface area contributed by atoms with Crippen molar-refractivity contribution in [1.29, 1.82) is 0 Å². The van der Waals surface area contributed by atoms with E-state index in [1.165, 1.54) is 5.56 Å². The van der Waals surface area contributed by atoms with Gasteiger partial charge in [0.05, 0.1) is 12.2 Å². The van der Waals surface area contributed by atoms with Crippen LogP contribution in [-0.2, 0) is 6.54 Å². The maximum atomic E-state index is 5.94. The van der Waals surface area contributed by atoms with Gasteiger partial charge < -0.3 is 5.32 Å². The number of benzene rings is 1. The van der Waals surface area contributed by atoms with Crippen molar-refractivity contribution in [1.82, 2.24) is 4.98 Å². The molecule has 1 aromatic carbocycles. The average molecular weight is 233 g/mol. The second kappa shape index (κ2) is 4.99. The van der Waals surface area contributed by atoms with Gasteiger partial charge in [0.15, 0.2) is 0 Å². The molecule has 16 heavy (non-hydrogen) atoms. The standard InChI is InChI=1S/C13H13ClN2/c1-10-5-6-11(14)8-13(10)16-9-12-4-2-3-7-15-12/h2-8,16H,9H2,1H3. The summed E-state index contributed by atoms with van der Waals surface area (Å²) in [7, 11) is 0. The van der Waals surface area contributed by atoms with E-state index in [1.54, 1.807) is 6.20 Å². The number of hydrogen-bond acceptors (Lipinski definition) is 2. The zero-order valence-electron chi connectivity index (χ0n) is 9.07. The van der Waals surface area contributed by atoms with Gasteiger partial charge in [0.2, 0.25) is 0 Å². The first-order valence-corrected chi connectivity index (χ1v) is 5.53. The Morgan fingerprint density at radius 2 is 2.12 bits per heavy atom. The number of hydrogen-bond donors (Lipinski definition) is 1. The van der Waals surface area contributed by atoms with E-state index in [-0.39, 0.29) is 0 Å². The maximum Gasteiger partial charge on any atom is 0.0594 e. The summed E-state index contributed by atoms with van der Waals surface area (Å²) in [5.41, 5.74) is 3.25. The van der Waals surface area contributed by atoms with E-state index >= 15 is 0 Å². The molecule has 82 valence electrons. The minimum atomic E-state index is 0.710. The Balaban J connectivity index is 2.08. The fourth-order valence-corrected chi connectivity index (χ4v) is 1.65. The molecule has 1 N–H and O–H groups in total. The molecular formula is C13H13ClN2. The fourth-order valence-electron chi connectivity index (χ4n) is 1.47. The first-order chi connectivity index (χ1) is 7.75. The summed E-state index contributed by atoms with van der Waals surface area (Å²) in [6, 6.07) is 11.7. The summed E-state index contributed by atoms with van der Waals surface area (Å²) < 4.78 is 0. The molecular weight excluding hydrogens is 220 g/mol. The predicted molar refractivity (Wildman–Crippen MR) is 67.8 cm³/mol. The van der Waals surface area contributed by atoms with Gasteiger partial charge in [-0.3, -0.25) is 4.98 Å². The first kappa shape index (κ1) is 11.0. The molecule has 0 bridgehead atoms. The summed E-state index contributed by atoms with van der Waals surface area (Å²) in [6.45, 7) is 2.76. The molecule has 0 aliphatic heterocycles. The summed E-state index contributed by atoms with van der Waals surface area (Å²) >= 11 is 5.94. The quantitative estimate of drug-likeness (QED) is 0.874. The highest BCUT2D eigenvalue weighted by molar-refractivity contribution is 6.30. The number of rotatable bonds is 3. The van der Waals surface area contributed by atoms with Crippen LogP contribution in [0.25, 0.3) is 0 Å². The van der Waals surface area contributed by atoms with E-state index in [9.17, 15) is 0 Å². The summed E-state index contributed by atoms with van der Waals surface area (Å²) in [5, 5.41) is 4.07. The number of pyridine rings is 1. The van der Waals surface area contributed by atoms with Crippen molar-refractivity contribution in [3.8, 4) is 0 Å². The number of nitrogens with one attached hydrogen (secondary N) is 1. The Bertz CT molecular complexity index is 469. The van der Waals surface area contributed by atoms with Crippen LogP contribution in [-0.4, -0.2) is 4.98 Å². The molecule has 1 aromatic heterocycles. The number of nitrogens with zero attached hydrogens (tertiary/aromatic N) is 1. The van der Waals surface area contributed by atoms with Crippen LogP contribution in [0.5, 0.6) is 0 Å². The molecule has 0 aliphatic rings. The number of halogens is 1. The lowest BCUT2D eigenvalue weighted by Gasteiger charge is -2.09. The van der Waals surface area contributed by atoms with E-state index in [1.807, 2.05) is 36.4 Å². The van der Waals surface area contributed by atoms with Crippen molar-refractivity contribution < 1.29 is 0 Å². The van der Waals surface area contributed by atoms with Crippen molar-refractivity contribution in [2.24, 2.45) is 0 Å². The smallest absolute Gasteiger partial charge is 0.0594 e. The molecule has 2 rings (SSSR count). The van der Waals surface area contributed by atoms with Crippen molar-refractivity contribution in [3.63, 3.8) is 0 Å². The minimum Gasteiger partial charge on any atom is -0.379 e. The van der Waals surface area contributed by atoms with Crippen LogP contribution in [0.2, 0.25) is 5.02 Å². The molecule has 1 heterocycles. The molecule has 0 unspecified atom stereocenters. The van der Waals surface area contributed by atoms with Gasteiger partial charge in [0, 0.05) is 16.9 Å². The van der Waals surface area contributed by atoms with Gasteiger partial charge in [0.1, 0.15) is 0 Å². The van der Waals surface area contributed by atoms with E-state index in [2.05, 4.69) is 17.2 Å². The Morgan fingerprint density at radius 3 is 2.88 bits per heavy atom. The Morgan fingerprint density at radius 1 is 1.25 bits per heavy atom. The van der Waals surface area contributed by atoms with Crippen molar-refractivity contribution in [2.45, 2.75) is 13.5 Å². The van der Waals surface area contributed by atoms with Gasteiger partial charge in [0.25, 0.3) is 0 Å². The van der Waals surface area contributed by atoms with Crippen LogP contribution in [0, 0.1) is 6.92 Å². The summed E-state index contributed by atoms with van der Waals surface area (Å²) in [6.07, 6.45) is 1.79. The monoisotopic (exact) mass is 232 g/mol. The Labute approximate surface area is 100 Å². The first-order valence-electron chi connectivity index (χ1n) is 5.15. The number of aryl methyl sites for hydroxylation is 1. The molecule has 0 atom stereocenters. The van der Waals surface area contributed by atoms with E-state index in [4.69, 9.17) is 11.6 Å². The molecule has 0 spiro atoms. The lowest BCUT2D eigenvalue weighted by molar-refractivity contribution is 1.04. The highest BCUT2D eigenvalue weighted by atomic mass is 35.5. The second-order valence-electron chi connectivity index (χ2n) is 3.63. The third kappa shape index (κ3) is 2.74. The zero-order valence-corrected chi connectivity index (χ0v) is 9.83. The van der Waals surface area contributed by atoms with E-state index in [0.717, 1.165) is 16.4 Å². The molecule has 0 aliphatic carbocycles. The van der Waals surface area contributed by atoms with Crippen LogP contribution >= 0.6 is 11.6 Å². The van der Waals surface area contributed by atoms with E-state index < -0.39 is 0 Å². The number of anilines is 1. The highest BCUT2D eigenvalue weighted by Crippen LogP contribution is 2.20. The minimum absolute atomic E-state index is 0.710. The fraction of sp³-hybridized carbons (Fsp3) is 0.154. The van der Waals surface area contributed by atoms with Gasteiger partial charge >= 0.3 is 0 Å². The van der Waals surface area contributed by atoms with Crippen molar-refractivity contribution in [2.75, 3.05) is 5.32 Å². The topological polar surface area (TPSA) is 24.9 Å². The van der Waals surface area contributed by atoms with Gasteiger partial charge in [-0.2, -0.15) is 0 Å². The largest absolute Gasteiger partial charge is 0.379 e. The highest BCUT2D eigenvalue weighted by Gasteiger charge is 1.99. The molecule has 2 aromatic rings. The van der Waals surface area contributed by atoms with Crippen molar-refractivity contribution >= 4 is 17.3 Å². The molecule has 0 saturated carbocycles. The van der Waals surface area contributed by atoms with Crippen LogP contribution in [0.15, 0.2) is 42.6 Å². The van der Waals surface area contributed by atoms with Crippen LogP contribution in [0.1, 0.15) is 11.3 Å². The van der Waals surface area contributed by atoms with Gasteiger partial charge in [-0.05, 0) is 36.8 Å². The average Bonchev–Trinajstić information content (AvgIpc) is 2.32. The summed E-state index contributed by atoms with van der Waals surface area (Å²) in [4.78, 5) is 4.25. The third-order valence-corrected chi connectivity index (χ3v) is 2.62. The predicted octanol–water partition coefficient (Wildman–Crippen LogP) is 3.66. The lowest BCUT2D eigenvalue weighted by Crippen LogP contribution is -2.02. The van der Waals surface area contributed by atoms with Crippen LogP contribution in [0.3, 0.4) is 0 Å². The normalized spacial score (nSPS) is 10.1. The van der Waals surface area contributed by atoms with Crippen molar-refractivity contribution in [3.05, 3.63) is 58.9 Å². The van der Waals surface area contributed by atoms with Gasteiger partial charge in [-0.25, -0.2) is 0 Å². The van der Waals surface area contributed by atoms with Crippen LogP contribution in [0.4, 0.5) is 5.69 Å². The Kier molecular flexibility index (Phi) is 3.42. The number of aromatic nitrogens is 1. The third-order valence-electron chi connectivity index (χ3n) is 2.39. The zero-order chi connectivity index (χ0) is 11.4. The molecule has 0 saturated heterocycles. The molecule has 3 heteroatoms. The van der Waals surface area contributed by atoms with Gasteiger partial charge in [-0.1, -0.05) is 23.7 Å². The molecule has 0 amide bonds. The maximum absolute atomic E-state index is 5.94. The molecule has 0 fully saturated rings. The summed E-state index contributed by atoms with van der Waals surface area (Å²) in [5.74, 6) is 0. The molecule has 2 nitrogen and oxygen atoms in total. The molecule has 0 radical (unpaired) electrons. The Hall–Kier alpha value is -1.54. The van der Waals surface area contributed by atoms with E-state index in [0.29, 0.717) is 6.54 Å².